The first-order valence-corrected chi connectivity index (χ1v) is 11.1. The van der Waals surface area contributed by atoms with Crippen LogP contribution in [-0.2, 0) is 0 Å². The maximum absolute atomic E-state index is 10.1. The van der Waals surface area contributed by atoms with Gasteiger partial charge < -0.3 is 10.0 Å². The SMILES string of the molecule is C=C(/C=C\C(=C/C)c1ccc(N(C)C2C(C)CC(C)C2CC)c(C)c1)C(C)(C)O. The lowest BCUT2D eigenvalue weighted by Gasteiger charge is -2.36. The van der Waals surface area contributed by atoms with E-state index in [4.69, 9.17) is 0 Å². The molecule has 0 spiro atoms. The van der Waals surface area contributed by atoms with Crippen LogP contribution in [0, 0.1) is 24.7 Å². The van der Waals surface area contributed by atoms with Gasteiger partial charge in [-0.05, 0) is 86.3 Å². The quantitative estimate of drug-likeness (QED) is 0.514. The normalized spacial score (nSPS) is 25.6. The van der Waals surface area contributed by atoms with Crippen LogP contribution in [-0.4, -0.2) is 23.8 Å². The number of aliphatic hydroxyl groups is 1. The average molecular weight is 396 g/mol. The maximum Gasteiger partial charge on any atom is 0.0834 e. The van der Waals surface area contributed by atoms with E-state index in [1.165, 1.54) is 29.7 Å². The van der Waals surface area contributed by atoms with Gasteiger partial charge in [-0.25, -0.2) is 0 Å². The van der Waals surface area contributed by atoms with Gasteiger partial charge in [0.25, 0.3) is 0 Å². The standard InChI is InChI=1S/C27H41NO/c1-10-22(13-12-21(6)27(7,8)29)23-14-15-25(19(4)17-23)28(9)26-20(5)16-18(3)24(26)11-2/h10,12-15,17-18,20,24,26,29H,6,11,16H2,1-5,7-9H3/b13-12-,22-10+. The Balaban J connectivity index is 2.27. The van der Waals surface area contributed by atoms with E-state index < -0.39 is 5.60 Å². The highest BCUT2D eigenvalue weighted by atomic mass is 16.3. The minimum Gasteiger partial charge on any atom is -0.386 e. The summed E-state index contributed by atoms with van der Waals surface area (Å²) < 4.78 is 0. The van der Waals surface area contributed by atoms with Crippen LogP contribution in [0.3, 0.4) is 0 Å². The van der Waals surface area contributed by atoms with Crippen molar-refractivity contribution < 1.29 is 5.11 Å². The molecule has 4 unspecified atom stereocenters. The molecule has 1 aromatic carbocycles. The summed E-state index contributed by atoms with van der Waals surface area (Å²) in [5, 5.41) is 10.1. The summed E-state index contributed by atoms with van der Waals surface area (Å²) in [7, 11) is 2.27. The van der Waals surface area contributed by atoms with E-state index in [1.54, 1.807) is 13.8 Å². The van der Waals surface area contributed by atoms with Crippen molar-refractivity contribution in [1.29, 1.82) is 0 Å². The van der Waals surface area contributed by atoms with Gasteiger partial charge in [0.1, 0.15) is 0 Å². The second-order valence-electron chi connectivity index (χ2n) is 9.53. The number of hydrogen-bond donors (Lipinski definition) is 1. The summed E-state index contributed by atoms with van der Waals surface area (Å²) in [5.41, 5.74) is 4.78. The molecule has 1 aromatic rings. The Kier molecular flexibility index (Phi) is 7.56. The lowest BCUT2D eigenvalue weighted by atomic mass is 9.90. The molecule has 0 aromatic heterocycles. The zero-order chi connectivity index (χ0) is 21.9. The third kappa shape index (κ3) is 5.22. The Morgan fingerprint density at radius 3 is 2.41 bits per heavy atom. The second-order valence-corrected chi connectivity index (χ2v) is 9.53. The predicted octanol–water partition coefficient (Wildman–Crippen LogP) is 6.79. The molecule has 1 aliphatic rings. The molecular weight excluding hydrogens is 354 g/mol. The Labute approximate surface area is 179 Å². The average Bonchev–Trinajstić information content (AvgIpc) is 2.93. The zero-order valence-corrected chi connectivity index (χ0v) is 19.8. The predicted molar refractivity (Wildman–Crippen MR) is 128 cm³/mol. The molecule has 2 nitrogen and oxygen atoms in total. The first-order valence-electron chi connectivity index (χ1n) is 11.1. The van der Waals surface area contributed by atoms with Crippen LogP contribution in [0.5, 0.6) is 0 Å². The Morgan fingerprint density at radius 1 is 1.24 bits per heavy atom. The van der Waals surface area contributed by atoms with Crippen molar-refractivity contribution in [2.75, 3.05) is 11.9 Å². The summed E-state index contributed by atoms with van der Waals surface area (Å²) >= 11 is 0. The number of allylic oxidation sites excluding steroid dienone is 3. The number of anilines is 1. The second kappa shape index (κ2) is 9.34. The smallest absolute Gasteiger partial charge is 0.0834 e. The molecular formula is C27H41NO. The highest BCUT2D eigenvalue weighted by Crippen LogP contribution is 2.42. The molecule has 29 heavy (non-hydrogen) atoms. The van der Waals surface area contributed by atoms with E-state index in [1.807, 2.05) is 12.2 Å². The van der Waals surface area contributed by atoms with Gasteiger partial charge in [0.05, 0.1) is 5.60 Å². The molecule has 0 radical (unpaired) electrons. The van der Waals surface area contributed by atoms with Crippen LogP contribution in [0.1, 0.15) is 65.5 Å². The monoisotopic (exact) mass is 395 g/mol. The third-order valence-electron chi connectivity index (χ3n) is 6.89. The van der Waals surface area contributed by atoms with E-state index in [0.717, 1.165) is 23.3 Å². The minimum atomic E-state index is -0.900. The van der Waals surface area contributed by atoms with E-state index in [9.17, 15) is 5.11 Å². The lowest BCUT2D eigenvalue weighted by molar-refractivity contribution is 0.124. The molecule has 1 fully saturated rings. The van der Waals surface area contributed by atoms with Crippen LogP contribution < -0.4 is 4.90 Å². The minimum absolute atomic E-state index is 0.607. The molecule has 4 atom stereocenters. The summed E-state index contributed by atoms with van der Waals surface area (Å²) in [6.07, 6.45) is 8.64. The van der Waals surface area contributed by atoms with Gasteiger partial charge in [0.2, 0.25) is 0 Å². The molecule has 0 amide bonds. The van der Waals surface area contributed by atoms with Gasteiger partial charge in [-0.1, -0.05) is 58.1 Å². The molecule has 1 aliphatic carbocycles. The van der Waals surface area contributed by atoms with Crippen molar-refractivity contribution >= 4 is 11.3 Å². The molecule has 0 saturated heterocycles. The van der Waals surface area contributed by atoms with Crippen molar-refractivity contribution in [2.24, 2.45) is 17.8 Å². The summed E-state index contributed by atoms with van der Waals surface area (Å²) in [5.74, 6) is 2.28. The van der Waals surface area contributed by atoms with Crippen LogP contribution in [0.2, 0.25) is 0 Å². The maximum atomic E-state index is 10.1. The number of aryl methyl sites for hydroxylation is 1. The molecule has 160 valence electrons. The summed E-state index contributed by atoms with van der Waals surface area (Å²) in [6, 6.07) is 7.38. The highest BCUT2D eigenvalue weighted by molar-refractivity contribution is 5.76. The van der Waals surface area contributed by atoms with Gasteiger partial charge in [0, 0.05) is 18.8 Å². The first kappa shape index (κ1) is 23.5. The Bertz CT molecular complexity index is 780. The van der Waals surface area contributed by atoms with Crippen LogP contribution >= 0.6 is 0 Å². The number of rotatable bonds is 7. The van der Waals surface area contributed by atoms with Crippen LogP contribution in [0.15, 0.2) is 48.6 Å². The number of hydrogen-bond acceptors (Lipinski definition) is 2. The van der Waals surface area contributed by atoms with Crippen molar-refractivity contribution in [3.05, 3.63) is 59.7 Å². The van der Waals surface area contributed by atoms with E-state index >= 15 is 0 Å². The third-order valence-corrected chi connectivity index (χ3v) is 6.89. The van der Waals surface area contributed by atoms with Crippen molar-refractivity contribution in [3.8, 4) is 0 Å². The van der Waals surface area contributed by atoms with Crippen molar-refractivity contribution in [1.82, 2.24) is 0 Å². The number of benzene rings is 1. The molecule has 2 heteroatoms. The fourth-order valence-corrected chi connectivity index (χ4v) is 5.12. The molecule has 1 N–H and O–H groups in total. The highest BCUT2D eigenvalue weighted by Gasteiger charge is 2.40. The first-order chi connectivity index (χ1) is 13.5. The summed E-state index contributed by atoms with van der Waals surface area (Å²) in [6.45, 7) is 18.9. The van der Waals surface area contributed by atoms with Crippen molar-refractivity contribution in [3.63, 3.8) is 0 Å². The number of nitrogens with zero attached hydrogens (tertiary/aromatic N) is 1. The summed E-state index contributed by atoms with van der Waals surface area (Å²) in [4.78, 5) is 2.53. The Hall–Kier alpha value is -1.80. The molecule has 1 saturated carbocycles. The topological polar surface area (TPSA) is 23.5 Å². The van der Waals surface area contributed by atoms with E-state index in [-0.39, 0.29) is 0 Å². The van der Waals surface area contributed by atoms with Crippen LogP contribution in [0.4, 0.5) is 5.69 Å². The van der Waals surface area contributed by atoms with E-state index in [2.05, 4.69) is 77.4 Å². The molecule has 0 aliphatic heterocycles. The molecule has 2 rings (SSSR count). The van der Waals surface area contributed by atoms with Gasteiger partial charge >= 0.3 is 0 Å². The lowest BCUT2D eigenvalue weighted by Crippen LogP contribution is -2.39. The molecule has 0 heterocycles. The molecule has 0 bridgehead atoms. The largest absolute Gasteiger partial charge is 0.386 e. The fourth-order valence-electron chi connectivity index (χ4n) is 5.12. The van der Waals surface area contributed by atoms with Crippen LogP contribution in [0.25, 0.3) is 5.57 Å². The van der Waals surface area contributed by atoms with Crippen molar-refractivity contribution in [2.45, 2.75) is 73.0 Å². The van der Waals surface area contributed by atoms with Gasteiger partial charge in [-0.15, -0.1) is 0 Å². The van der Waals surface area contributed by atoms with Gasteiger partial charge in [0.15, 0.2) is 0 Å². The van der Waals surface area contributed by atoms with Gasteiger partial charge in [-0.3, -0.25) is 0 Å². The fraction of sp³-hybridized carbons (Fsp3) is 0.556. The van der Waals surface area contributed by atoms with Gasteiger partial charge in [-0.2, -0.15) is 0 Å². The van der Waals surface area contributed by atoms with E-state index in [0.29, 0.717) is 11.6 Å². The zero-order valence-electron chi connectivity index (χ0n) is 19.8. The Morgan fingerprint density at radius 2 is 1.90 bits per heavy atom.